The first kappa shape index (κ1) is 11.1. The Hall–Kier alpha value is -2.37. The van der Waals surface area contributed by atoms with Gasteiger partial charge in [0.25, 0.3) is 0 Å². The highest BCUT2D eigenvalue weighted by molar-refractivity contribution is 5.88. The summed E-state index contributed by atoms with van der Waals surface area (Å²) in [6, 6.07) is 7.17. The van der Waals surface area contributed by atoms with Gasteiger partial charge in [0.05, 0.1) is 0 Å². The molecular weight excluding hydrogens is 218 g/mol. The Bertz CT molecular complexity index is 521. The zero-order valence-corrected chi connectivity index (χ0v) is 9.51. The molecule has 1 amide bonds. The molecule has 1 N–H and O–H groups in total. The third-order valence-corrected chi connectivity index (χ3v) is 2.04. The zero-order chi connectivity index (χ0) is 12.3. The predicted molar refractivity (Wildman–Crippen MR) is 62.1 cm³/mol. The summed E-state index contributed by atoms with van der Waals surface area (Å²) >= 11 is 0. The second-order valence-electron chi connectivity index (χ2n) is 3.53. The summed E-state index contributed by atoms with van der Waals surface area (Å²) in [6.07, 6.45) is 0. The Labute approximate surface area is 98.1 Å². The third-order valence-electron chi connectivity index (χ3n) is 2.04. The van der Waals surface area contributed by atoms with Gasteiger partial charge in [0, 0.05) is 18.2 Å². The van der Waals surface area contributed by atoms with Crippen molar-refractivity contribution >= 4 is 11.6 Å². The lowest BCUT2D eigenvalue weighted by Crippen LogP contribution is -2.05. The normalized spacial score (nSPS) is 10.0. The van der Waals surface area contributed by atoms with E-state index in [4.69, 9.17) is 0 Å². The number of aryl methyl sites for hydroxylation is 1. The first-order valence-corrected chi connectivity index (χ1v) is 5.07. The van der Waals surface area contributed by atoms with Crippen molar-refractivity contribution in [1.29, 1.82) is 0 Å². The maximum atomic E-state index is 10.8. The number of hydrogen-bond donors (Lipinski definition) is 1. The average Bonchev–Trinajstić information content (AvgIpc) is 2.30. The summed E-state index contributed by atoms with van der Waals surface area (Å²) in [4.78, 5) is 10.8. The van der Waals surface area contributed by atoms with Crippen LogP contribution in [0.2, 0.25) is 0 Å². The number of carbonyl (C=O) groups excluding carboxylic acids is 1. The van der Waals surface area contributed by atoms with Crippen LogP contribution in [0.5, 0.6) is 0 Å². The van der Waals surface area contributed by atoms with E-state index in [-0.39, 0.29) is 5.91 Å². The Kier molecular flexibility index (Phi) is 3.04. The van der Waals surface area contributed by atoms with Gasteiger partial charge in [0.2, 0.25) is 11.7 Å². The van der Waals surface area contributed by atoms with Gasteiger partial charge in [-0.25, -0.2) is 0 Å². The summed E-state index contributed by atoms with van der Waals surface area (Å²) in [5, 5.41) is 18.2. The lowest BCUT2D eigenvalue weighted by molar-refractivity contribution is -0.114. The molecule has 0 radical (unpaired) electrons. The van der Waals surface area contributed by atoms with E-state index in [0.29, 0.717) is 11.6 Å². The van der Waals surface area contributed by atoms with Crippen molar-refractivity contribution in [2.24, 2.45) is 0 Å². The first-order chi connectivity index (χ1) is 8.15. The van der Waals surface area contributed by atoms with Crippen LogP contribution in [0.25, 0.3) is 11.4 Å². The van der Waals surface area contributed by atoms with Crippen LogP contribution in [0.4, 0.5) is 5.69 Å². The minimum Gasteiger partial charge on any atom is -0.326 e. The summed E-state index contributed by atoms with van der Waals surface area (Å²) in [5.74, 6) is 0.890. The van der Waals surface area contributed by atoms with Crippen LogP contribution in [0.3, 0.4) is 0 Å². The van der Waals surface area contributed by atoms with Crippen LogP contribution >= 0.6 is 0 Å². The highest BCUT2D eigenvalue weighted by Crippen LogP contribution is 2.16. The highest BCUT2D eigenvalue weighted by Gasteiger charge is 2.03. The number of aromatic nitrogens is 4. The monoisotopic (exact) mass is 229 g/mol. The number of rotatable bonds is 2. The van der Waals surface area contributed by atoms with E-state index >= 15 is 0 Å². The molecule has 0 aliphatic carbocycles. The average molecular weight is 229 g/mol. The molecule has 0 spiro atoms. The number of carbonyl (C=O) groups is 1. The van der Waals surface area contributed by atoms with E-state index in [2.05, 4.69) is 25.7 Å². The van der Waals surface area contributed by atoms with Crippen molar-refractivity contribution in [2.75, 3.05) is 5.32 Å². The minimum atomic E-state index is -0.104. The summed E-state index contributed by atoms with van der Waals surface area (Å²) in [5.41, 5.74) is 1.54. The Morgan fingerprint density at radius 1 is 1.06 bits per heavy atom. The van der Waals surface area contributed by atoms with Gasteiger partial charge >= 0.3 is 0 Å². The van der Waals surface area contributed by atoms with Crippen LogP contribution in [-0.2, 0) is 4.79 Å². The number of benzene rings is 1. The number of amides is 1. The molecule has 86 valence electrons. The van der Waals surface area contributed by atoms with Gasteiger partial charge in [-0.3, -0.25) is 4.79 Å². The van der Waals surface area contributed by atoms with E-state index in [9.17, 15) is 4.79 Å². The summed E-state index contributed by atoms with van der Waals surface area (Å²) < 4.78 is 0. The molecule has 2 rings (SSSR count). The van der Waals surface area contributed by atoms with Crippen LogP contribution in [0.1, 0.15) is 12.7 Å². The molecule has 1 aromatic heterocycles. The standard InChI is InChI=1S/C11H11N5O/c1-7-13-15-11(16-14-7)9-3-5-10(6-4-9)12-8(2)17/h3-6H,1-2H3,(H,12,17). The smallest absolute Gasteiger partial charge is 0.221 e. The van der Waals surface area contributed by atoms with Crippen LogP contribution in [0.15, 0.2) is 24.3 Å². The molecule has 0 saturated carbocycles. The highest BCUT2D eigenvalue weighted by atomic mass is 16.1. The van der Waals surface area contributed by atoms with E-state index in [1.54, 1.807) is 31.2 Å². The molecular formula is C11H11N5O. The Morgan fingerprint density at radius 3 is 2.18 bits per heavy atom. The molecule has 1 aromatic carbocycles. The fourth-order valence-electron chi connectivity index (χ4n) is 1.30. The molecule has 0 fully saturated rings. The van der Waals surface area contributed by atoms with Crippen LogP contribution in [0, 0.1) is 6.92 Å². The van der Waals surface area contributed by atoms with Crippen molar-refractivity contribution in [2.45, 2.75) is 13.8 Å². The number of nitrogens with one attached hydrogen (secondary N) is 1. The van der Waals surface area contributed by atoms with Gasteiger partial charge < -0.3 is 5.32 Å². The van der Waals surface area contributed by atoms with Crippen LogP contribution < -0.4 is 5.32 Å². The Balaban J connectivity index is 2.23. The molecule has 0 unspecified atom stereocenters. The van der Waals surface area contributed by atoms with E-state index in [1.807, 2.05) is 0 Å². The number of hydrogen-bond acceptors (Lipinski definition) is 5. The third kappa shape index (κ3) is 2.81. The molecule has 0 atom stereocenters. The van der Waals surface area contributed by atoms with Crippen LogP contribution in [-0.4, -0.2) is 26.3 Å². The van der Waals surface area contributed by atoms with E-state index in [1.165, 1.54) is 6.92 Å². The second kappa shape index (κ2) is 4.65. The summed E-state index contributed by atoms with van der Waals surface area (Å²) in [6.45, 7) is 3.19. The molecule has 0 bridgehead atoms. The molecule has 6 heteroatoms. The van der Waals surface area contributed by atoms with Crippen molar-refractivity contribution < 1.29 is 4.79 Å². The molecule has 1 heterocycles. The SMILES string of the molecule is CC(=O)Nc1ccc(-c2nnc(C)nn2)cc1. The summed E-state index contributed by atoms with van der Waals surface area (Å²) in [7, 11) is 0. The van der Waals surface area contributed by atoms with Crippen molar-refractivity contribution in [3.63, 3.8) is 0 Å². The maximum absolute atomic E-state index is 10.8. The van der Waals surface area contributed by atoms with Crippen molar-refractivity contribution in [3.8, 4) is 11.4 Å². The van der Waals surface area contributed by atoms with Gasteiger partial charge in [0.1, 0.15) is 0 Å². The largest absolute Gasteiger partial charge is 0.326 e. The minimum absolute atomic E-state index is 0.104. The molecule has 6 nitrogen and oxygen atoms in total. The fourth-order valence-corrected chi connectivity index (χ4v) is 1.30. The van der Waals surface area contributed by atoms with Gasteiger partial charge in [-0.1, -0.05) is 0 Å². The fraction of sp³-hybridized carbons (Fsp3) is 0.182. The van der Waals surface area contributed by atoms with Gasteiger partial charge in [-0.05, 0) is 31.2 Å². The van der Waals surface area contributed by atoms with E-state index < -0.39 is 0 Å². The molecule has 17 heavy (non-hydrogen) atoms. The topological polar surface area (TPSA) is 80.7 Å². The molecule has 2 aromatic rings. The first-order valence-electron chi connectivity index (χ1n) is 5.07. The van der Waals surface area contributed by atoms with Crippen molar-refractivity contribution in [1.82, 2.24) is 20.4 Å². The predicted octanol–water partition coefficient (Wildman–Crippen LogP) is 1.20. The lowest BCUT2D eigenvalue weighted by atomic mass is 10.2. The lowest BCUT2D eigenvalue weighted by Gasteiger charge is -2.02. The maximum Gasteiger partial charge on any atom is 0.221 e. The molecule has 0 aliphatic rings. The zero-order valence-electron chi connectivity index (χ0n) is 9.51. The van der Waals surface area contributed by atoms with Crippen molar-refractivity contribution in [3.05, 3.63) is 30.1 Å². The molecule has 0 aliphatic heterocycles. The quantitative estimate of drug-likeness (QED) is 0.836. The van der Waals surface area contributed by atoms with Gasteiger partial charge in [-0.2, -0.15) is 0 Å². The van der Waals surface area contributed by atoms with Gasteiger partial charge in [-0.15, -0.1) is 20.4 Å². The number of nitrogens with zero attached hydrogens (tertiary/aromatic N) is 4. The molecule has 0 saturated heterocycles. The number of anilines is 1. The second-order valence-corrected chi connectivity index (χ2v) is 3.53. The Morgan fingerprint density at radius 2 is 1.65 bits per heavy atom. The van der Waals surface area contributed by atoms with E-state index in [0.717, 1.165) is 11.3 Å². The van der Waals surface area contributed by atoms with Gasteiger partial charge in [0.15, 0.2) is 5.82 Å².